The van der Waals surface area contributed by atoms with E-state index in [0.29, 0.717) is 12.2 Å². The topological polar surface area (TPSA) is 26.3 Å². The van der Waals surface area contributed by atoms with Gasteiger partial charge in [0.2, 0.25) is 0 Å². The van der Waals surface area contributed by atoms with Crippen molar-refractivity contribution in [2.45, 2.75) is 45.4 Å². The average Bonchev–Trinajstić information content (AvgIpc) is 2.62. The molecule has 19 heavy (non-hydrogen) atoms. The number of hydrogen-bond acceptors (Lipinski definition) is 2. The molecule has 1 aromatic carbocycles. The van der Waals surface area contributed by atoms with Gasteiger partial charge in [-0.3, -0.25) is 4.79 Å². The number of halogens is 1. The molecule has 0 saturated heterocycles. The molecule has 2 nitrogen and oxygen atoms in total. The highest BCUT2D eigenvalue weighted by molar-refractivity contribution is 6.30. The molecule has 0 radical (unpaired) electrons. The van der Waals surface area contributed by atoms with Gasteiger partial charge in [0.05, 0.1) is 12.5 Å². The second-order valence-corrected chi connectivity index (χ2v) is 7.15. The lowest BCUT2D eigenvalue weighted by atomic mass is 9.79. The number of rotatable bonds is 2. The van der Waals surface area contributed by atoms with E-state index >= 15 is 0 Å². The van der Waals surface area contributed by atoms with Crippen LogP contribution in [0.15, 0.2) is 12.1 Å². The van der Waals surface area contributed by atoms with Crippen LogP contribution in [0.1, 0.15) is 56.1 Å². The Hall–Kier alpha value is -1.02. The number of benzene rings is 1. The fourth-order valence-electron chi connectivity index (χ4n) is 2.41. The van der Waals surface area contributed by atoms with Crippen LogP contribution >= 0.6 is 11.6 Å². The predicted octanol–water partition coefficient (Wildman–Crippen LogP) is 4.08. The zero-order chi connectivity index (χ0) is 14.4. The first kappa shape index (κ1) is 14.4. The number of Topliss-reactive ketones (excluding diaryl/α,β-unsaturated/α-hetero) is 1. The number of alkyl halides is 1. The molecule has 0 atom stereocenters. The van der Waals surface area contributed by atoms with E-state index < -0.39 is 0 Å². The zero-order valence-electron chi connectivity index (χ0n) is 12.3. The summed E-state index contributed by atoms with van der Waals surface area (Å²) in [6.45, 7) is 11.3. The Morgan fingerprint density at radius 1 is 1.37 bits per heavy atom. The van der Waals surface area contributed by atoms with Gasteiger partial charge in [-0.1, -0.05) is 34.6 Å². The number of ether oxygens (including phenoxy) is 1. The van der Waals surface area contributed by atoms with Gasteiger partial charge < -0.3 is 4.74 Å². The number of hydrogen-bond donors (Lipinski definition) is 0. The van der Waals surface area contributed by atoms with Gasteiger partial charge in [0.15, 0.2) is 5.78 Å². The van der Waals surface area contributed by atoms with Gasteiger partial charge in [-0.05, 0) is 17.5 Å². The maximum Gasteiger partial charge on any atom is 0.177 e. The summed E-state index contributed by atoms with van der Waals surface area (Å²) in [5.74, 6) is 0.935. The van der Waals surface area contributed by atoms with Gasteiger partial charge in [-0.15, -0.1) is 11.6 Å². The highest BCUT2D eigenvalue weighted by Crippen LogP contribution is 2.45. The van der Waals surface area contributed by atoms with E-state index in [-0.39, 0.29) is 22.5 Å². The van der Waals surface area contributed by atoms with E-state index in [1.54, 1.807) is 0 Å². The first-order valence-corrected chi connectivity index (χ1v) is 7.11. The number of carbonyl (C=O) groups is 1. The number of ketones is 1. The Morgan fingerprint density at radius 3 is 2.53 bits per heavy atom. The molecule has 0 saturated carbocycles. The Balaban J connectivity index is 2.69. The summed E-state index contributed by atoms with van der Waals surface area (Å²) in [4.78, 5) is 11.9. The molecule has 1 heterocycles. The van der Waals surface area contributed by atoms with E-state index in [2.05, 4.69) is 34.6 Å². The second-order valence-electron chi connectivity index (χ2n) is 6.88. The minimum atomic E-state index is -0.0624. The Morgan fingerprint density at radius 2 is 2.00 bits per heavy atom. The highest BCUT2D eigenvalue weighted by atomic mass is 35.5. The van der Waals surface area contributed by atoms with Crippen LogP contribution in [0.4, 0.5) is 0 Å². The van der Waals surface area contributed by atoms with Gasteiger partial charge in [-0.2, -0.15) is 0 Å². The summed E-state index contributed by atoms with van der Waals surface area (Å²) in [7, 11) is 0. The molecule has 2 rings (SSSR count). The van der Waals surface area contributed by atoms with Crippen molar-refractivity contribution in [2.75, 3.05) is 12.5 Å². The molecule has 0 amide bonds. The normalized spacial score (nSPS) is 16.9. The van der Waals surface area contributed by atoms with Crippen molar-refractivity contribution in [3.8, 4) is 5.75 Å². The molecule has 1 aliphatic rings. The first-order chi connectivity index (χ1) is 8.66. The molecule has 3 heteroatoms. The number of fused-ring (bicyclic) bond motifs is 1. The molecule has 0 N–H and O–H groups in total. The molecule has 1 aliphatic heterocycles. The molecule has 0 spiro atoms. The summed E-state index contributed by atoms with van der Waals surface area (Å²) in [5.41, 5.74) is 2.78. The van der Waals surface area contributed by atoms with Crippen molar-refractivity contribution in [2.24, 2.45) is 0 Å². The van der Waals surface area contributed by atoms with E-state index in [0.717, 1.165) is 16.9 Å². The summed E-state index contributed by atoms with van der Waals surface area (Å²) in [6, 6.07) is 3.88. The SMILES string of the molecule is CC(C)(C)c1cc(C(=O)CCl)cc2c1OCC2(C)C. The van der Waals surface area contributed by atoms with E-state index in [4.69, 9.17) is 16.3 Å². The molecule has 104 valence electrons. The van der Waals surface area contributed by atoms with Crippen LogP contribution in [0.25, 0.3) is 0 Å². The second kappa shape index (κ2) is 4.52. The van der Waals surface area contributed by atoms with Gasteiger partial charge >= 0.3 is 0 Å². The van der Waals surface area contributed by atoms with Crippen LogP contribution < -0.4 is 4.74 Å². The third-order valence-corrected chi connectivity index (χ3v) is 3.89. The smallest absolute Gasteiger partial charge is 0.177 e. The summed E-state index contributed by atoms with van der Waals surface area (Å²) >= 11 is 5.69. The molecule has 0 aliphatic carbocycles. The van der Waals surface area contributed by atoms with Crippen molar-refractivity contribution in [3.63, 3.8) is 0 Å². The Labute approximate surface area is 120 Å². The van der Waals surface area contributed by atoms with Gasteiger partial charge in [-0.25, -0.2) is 0 Å². The molecular weight excluding hydrogens is 260 g/mol. The largest absolute Gasteiger partial charge is 0.492 e. The van der Waals surface area contributed by atoms with Crippen LogP contribution in [0, 0.1) is 0 Å². The van der Waals surface area contributed by atoms with Gasteiger partial charge in [0, 0.05) is 22.1 Å². The maximum atomic E-state index is 11.9. The molecule has 0 bridgehead atoms. The van der Waals surface area contributed by atoms with Crippen LogP contribution in [-0.4, -0.2) is 18.3 Å². The molecule has 0 fully saturated rings. The highest BCUT2D eigenvalue weighted by Gasteiger charge is 2.36. The summed E-state index contributed by atoms with van der Waals surface area (Å²) in [6.07, 6.45) is 0. The summed E-state index contributed by atoms with van der Waals surface area (Å²) in [5, 5.41) is 0. The maximum absolute atomic E-state index is 11.9. The fourth-order valence-corrected chi connectivity index (χ4v) is 2.57. The number of carbonyl (C=O) groups excluding carboxylic acids is 1. The van der Waals surface area contributed by atoms with Crippen molar-refractivity contribution in [3.05, 3.63) is 28.8 Å². The van der Waals surface area contributed by atoms with Crippen molar-refractivity contribution in [1.82, 2.24) is 0 Å². The minimum absolute atomic E-state index is 0.0175. The van der Waals surface area contributed by atoms with Crippen LogP contribution in [0.3, 0.4) is 0 Å². The quantitative estimate of drug-likeness (QED) is 0.603. The Bertz CT molecular complexity index is 524. The van der Waals surface area contributed by atoms with E-state index in [1.165, 1.54) is 0 Å². The van der Waals surface area contributed by atoms with E-state index in [9.17, 15) is 4.79 Å². The third kappa shape index (κ3) is 2.51. The lowest BCUT2D eigenvalue weighted by molar-refractivity contribution is 0.102. The molecule has 1 aromatic rings. The van der Waals surface area contributed by atoms with Crippen molar-refractivity contribution < 1.29 is 9.53 Å². The molecule has 0 unspecified atom stereocenters. The monoisotopic (exact) mass is 280 g/mol. The zero-order valence-corrected chi connectivity index (χ0v) is 13.0. The van der Waals surface area contributed by atoms with Gasteiger partial charge in [0.1, 0.15) is 5.75 Å². The third-order valence-electron chi connectivity index (χ3n) is 3.65. The summed E-state index contributed by atoms with van der Waals surface area (Å²) < 4.78 is 5.90. The van der Waals surface area contributed by atoms with Crippen LogP contribution in [0.2, 0.25) is 0 Å². The fraction of sp³-hybridized carbons (Fsp3) is 0.562. The average molecular weight is 281 g/mol. The Kier molecular flexibility index (Phi) is 3.42. The molecule has 0 aromatic heterocycles. The predicted molar refractivity (Wildman–Crippen MR) is 78.7 cm³/mol. The lowest BCUT2D eigenvalue weighted by Gasteiger charge is -2.23. The lowest BCUT2D eigenvalue weighted by Crippen LogP contribution is -2.19. The van der Waals surface area contributed by atoms with Crippen LogP contribution in [0.5, 0.6) is 5.75 Å². The molecular formula is C16H21ClO2. The van der Waals surface area contributed by atoms with E-state index in [1.807, 2.05) is 12.1 Å². The van der Waals surface area contributed by atoms with Crippen molar-refractivity contribution >= 4 is 17.4 Å². The van der Waals surface area contributed by atoms with Crippen LogP contribution in [-0.2, 0) is 10.8 Å². The van der Waals surface area contributed by atoms with Crippen molar-refractivity contribution in [1.29, 1.82) is 0 Å². The minimum Gasteiger partial charge on any atom is -0.492 e. The standard InChI is InChI=1S/C16H21ClO2/c1-15(2,3)11-6-10(13(18)8-17)7-12-14(11)19-9-16(12,4)5/h6-7H,8-9H2,1-5H3. The first-order valence-electron chi connectivity index (χ1n) is 6.58. The van der Waals surface area contributed by atoms with Gasteiger partial charge in [0.25, 0.3) is 0 Å².